The Morgan fingerprint density at radius 1 is 1.23 bits per heavy atom. The predicted molar refractivity (Wildman–Crippen MR) is 98.6 cm³/mol. The lowest BCUT2D eigenvalue weighted by Crippen LogP contribution is -2.63. The summed E-state index contributed by atoms with van der Waals surface area (Å²) in [7, 11) is 0. The van der Waals surface area contributed by atoms with Gasteiger partial charge in [-0.05, 0) is 43.2 Å². The molecule has 5 rings (SSSR count). The zero-order valence-corrected chi connectivity index (χ0v) is 15.2. The minimum atomic E-state index is -1.21. The van der Waals surface area contributed by atoms with Crippen LogP contribution < -0.4 is 19.7 Å². The number of fused-ring (bicyclic) bond motifs is 2. The summed E-state index contributed by atoms with van der Waals surface area (Å²) in [5.41, 5.74) is 1.36. The van der Waals surface area contributed by atoms with Crippen LogP contribution in [0.1, 0.15) is 25.3 Å². The monoisotopic (exact) mass is 374 g/mol. The number of ether oxygens (including phenoxy) is 2. The van der Waals surface area contributed by atoms with Gasteiger partial charge < -0.3 is 19.7 Å². The first-order chi connectivity index (χ1) is 12.5. The molecule has 0 bridgehead atoms. The normalized spacial score (nSPS) is 29.3. The molecule has 0 amide bonds. The fourth-order valence-corrected chi connectivity index (χ4v) is 4.39. The number of nitrogens with zero attached hydrogens (tertiary/aromatic N) is 1. The maximum atomic E-state index is 14.5. The van der Waals surface area contributed by atoms with Crippen LogP contribution in [0.4, 0.5) is 10.1 Å². The Morgan fingerprint density at radius 3 is 2.88 bits per heavy atom. The second-order valence-corrected chi connectivity index (χ2v) is 7.71. The van der Waals surface area contributed by atoms with Gasteiger partial charge in [-0.1, -0.05) is 17.7 Å². The number of piperazine rings is 1. The van der Waals surface area contributed by atoms with Crippen molar-refractivity contribution in [3.05, 3.63) is 52.8 Å². The number of anilines is 1. The summed E-state index contributed by atoms with van der Waals surface area (Å²) in [5, 5.41) is 3.91. The molecule has 136 valence electrons. The van der Waals surface area contributed by atoms with E-state index in [9.17, 15) is 4.39 Å². The quantitative estimate of drug-likeness (QED) is 0.859. The molecule has 0 aromatic heterocycles. The van der Waals surface area contributed by atoms with E-state index in [4.69, 9.17) is 21.1 Å². The Hall–Kier alpha value is -1.98. The highest BCUT2D eigenvalue weighted by Crippen LogP contribution is 2.51. The van der Waals surface area contributed by atoms with Gasteiger partial charge in [0.25, 0.3) is 5.79 Å². The van der Waals surface area contributed by atoms with E-state index in [2.05, 4.69) is 16.3 Å². The second kappa shape index (κ2) is 5.76. The summed E-state index contributed by atoms with van der Waals surface area (Å²) in [6, 6.07) is 11.5. The van der Waals surface area contributed by atoms with Crippen LogP contribution in [0, 0.1) is 5.82 Å². The van der Waals surface area contributed by atoms with E-state index < -0.39 is 11.6 Å². The Kier molecular flexibility index (Phi) is 3.59. The SMILES string of the molecule is CC1(c2ccc(Cl)cc2F)Oc2cccc(N3CCN[C@H]4CC[C@@H]43)c2O1. The summed E-state index contributed by atoms with van der Waals surface area (Å²) >= 11 is 5.89. The molecular formula is C20H20ClFN2O2. The van der Waals surface area contributed by atoms with Crippen LogP contribution in [0.3, 0.4) is 0 Å². The van der Waals surface area contributed by atoms with Gasteiger partial charge in [0.2, 0.25) is 0 Å². The number of hydrogen-bond acceptors (Lipinski definition) is 4. The van der Waals surface area contributed by atoms with Crippen LogP contribution in [-0.2, 0) is 5.79 Å². The first-order valence-electron chi connectivity index (χ1n) is 9.02. The van der Waals surface area contributed by atoms with Crippen LogP contribution in [0.5, 0.6) is 11.5 Å². The molecule has 2 aromatic carbocycles. The van der Waals surface area contributed by atoms with Crippen molar-refractivity contribution in [2.45, 2.75) is 37.6 Å². The second-order valence-electron chi connectivity index (χ2n) is 7.28. The van der Waals surface area contributed by atoms with Gasteiger partial charge in [-0.25, -0.2) is 4.39 Å². The van der Waals surface area contributed by atoms with Gasteiger partial charge >= 0.3 is 0 Å². The van der Waals surface area contributed by atoms with Crippen molar-refractivity contribution >= 4 is 17.3 Å². The van der Waals surface area contributed by atoms with Crippen LogP contribution in [-0.4, -0.2) is 25.2 Å². The molecule has 0 spiro atoms. The minimum absolute atomic E-state index is 0.339. The van der Waals surface area contributed by atoms with E-state index in [1.54, 1.807) is 19.1 Å². The van der Waals surface area contributed by atoms with Crippen molar-refractivity contribution in [3.8, 4) is 11.5 Å². The number of benzene rings is 2. The van der Waals surface area contributed by atoms with Crippen LogP contribution in [0.25, 0.3) is 0 Å². The molecule has 1 aliphatic carbocycles. The molecule has 0 radical (unpaired) electrons. The van der Waals surface area contributed by atoms with Gasteiger partial charge in [-0.15, -0.1) is 0 Å². The Balaban J connectivity index is 1.51. The number of rotatable bonds is 2. The van der Waals surface area contributed by atoms with Crippen molar-refractivity contribution in [2.75, 3.05) is 18.0 Å². The Bertz CT molecular complexity index is 877. The van der Waals surface area contributed by atoms with E-state index in [1.807, 2.05) is 12.1 Å². The molecule has 26 heavy (non-hydrogen) atoms. The molecule has 2 aliphatic heterocycles. The maximum absolute atomic E-state index is 14.5. The minimum Gasteiger partial charge on any atom is -0.444 e. The topological polar surface area (TPSA) is 33.7 Å². The largest absolute Gasteiger partial charge is 0.444 e. The molecular weight excluding hydrogens is 355 g/mol. The number of nitrogens with one attached hydrogen (secondary N) is 1. The van der Waals surface area contributed by atoms with Gasteiger partial charge in [-0.3, -0.25) is 0 Å². The van der Waals surface area contributed by atoms with Crippen molar-refractivity contribution in [1.29, 1.82) is 0 Å². The number of halogens is 2. The van der Waals surface area contributed by atoms with Gasteiger partial charge in [0, 0.05) is 37.1 Å². The van der Waals surface area contributed by atoms with E-state index >= 15 is 0 Å². The predicted octanol–water partition coefficient (Wildman–Crippen LogP) is 4.06. The molecule has 2 aromatic rings. The molecule has 1 N–H and O–H groups in total. The van der Waals surface area contributed by atoms with Crippen molar-refractivity contribution in [3.63, 3.8) is 0 Å². The van der Waals surface area contributed by atoms with Crippen LogP contribution in [0.15, 0.2) is 36.4 Å². The van der Waals surface area contributed by atoms with Gasteiger partial charge in [0.05, 0.1) is 11.3 Å². The molecule has 3 aliphatic rings. The highest BCUT2D eigenvalue weighted by atomic mass is 35.5. The van der Waals surface area contributed by atoms with Gasteiger partial charge in [0.1, 0.15) is 5.82 Å². The van der Waals surface area contributed by atoms with Gasteiger partial charge in [-0.2, -0.15) is 0 Å². The lowest BCUT2D eigenvalue weighted by molar-refractivity contribution is -0.0705. The van der Waals surface area contributed by atoms with Crippen LogP contribution >= 0.6 is 11.6 Å². The Morgan fingerprint density at radius 2 is 2.12 bits per heavy atom. The average Bonchev–Trinajstić information content (AvgIpc) is 2.92. The summed E-state index contributed by atoms with van der Waals surface area (Å²) in [5.74, 6) is -0.304. The first-order valence-corrected chi connectivity index (χ1v) is 9.39. The Labute approximate surface area is 156 Å². The van der Waals surface area contributed by atoms with Crippen molar-refractivity contribution < 1.29 is 13.9 Å². The third-order valence-electron chi connectivity index (χ3n) is 5.69. The van der Waals surface area contributed by atoms with Crippen molar-refractivity contribution in [1.82, 2.24) is 5.32 Å². The standard InChI is InChI=1S/C20H20ClFN2O2/c1-20(13-6-5-12(21)11-14(13)22)25-18-4-2-3-17(19(18)26-20)24-10-9-23-15-7-8-16(15)24/h2-6,11,15-16,23H,7-10H2,1H3/t15-,16-,20?/m0/s1. The highest BCUT2D eigenvalue weighted by Gasteiger charge is 2.45. The lowest BCUT2D eigenvalue weighted by atomic mass is 9.83. The summed E-state index contributed by atoms with van der Waals surface area (Å²) in [4.78, 5) is 2.40. The van der Waals surface area contributed by atoms with E-state index in [0.29, 0.717) is 34.2 Å². The number of hydrogen-bond donors (Lipinski definition) is 1. The molecule has 1 unspecified atom stereocenters. The lowest BCUT2D eigenvalue weighted by Gasteiger charge is -2.50. The summed E-state index contributed by atoms with van der Waals surface area (Å²) < 4.78 is 26.8. The third-order valence-corrected chi connectivity index (χ3v) is 5.92. The average molecular weight is 375 g/mol. The number of para-hydroxylation sites is 1. The van der Waals surface area contributed by atoms with Crippen LogP contribution in [0.2, 0.25) is 5.02 Å². The van der Waals surface area contributed by atoms with Gasteiger partial charge in [0.15, 0.2) is 11.5 Å². The molecule has 4 nitrogen and oxygen atoms in total. The highest BCUT2D eigenvalue weighted by molar-refractivity contribution is 6.30. The van der Waals surface area contributed by atoms with E-state index in [0.717, 1.165) is 18.8 Å². The molecule has 2 fully saturated rings. The molecule has 1 saturated heterocycles. The fourth-order valence-electron chi connectivity index (χ4n) is 4.24. The third kappa shape index (κ3) is 2.37. The van der Waals surface area contributed by atoms with Crippen molar-refractivity contribution in [2.24, 2.45) is 0 Å². The first kappa shape index (κ1) is 16.2. The zero-order valence-electron chi connectivity index (χ0n) is 14.5. The van der Waals surface area contributed by atoms with E-state index in [1.165, 1.54) is 18.9 Å². The molecule has 3 atom stereocenters. The smallest absolute Gasteiger partial charge is 0.278 e. The zero-order chi connectivity index (χ0) is 17.9. The maximum Gasteiger partial charge on any atom is 0.278 e. The summed E-state index contributed by atoms with van der Waals surface area (Å²) in [6.07, 6.45) is 2.38. The molecule has 6 heteroatoms. The fraction of sp³-hybridized carbons (Fsp3) is 0.400. The molecule has 2 heterocycles. The summed E-state index contributed by atoms with van der Waals surface area (Å²) in [6.45, 7) is 3.62. The van der Waals surface area contributed by atoms with E-state index in [-0.39, 0.29) is 0 Å². The molecule has 1 saturated carbocycles.